The highest BCUT2D eigenvalue weighted by atomic mass is 32.2. The molecule has 4 rings (SSSR count). The molecular formula is C19H16N4OS2. The van der Waals surface area contributed by atoms with Crippen LogP contribution in [0.2, 0.25) is 0 Å². The summed E-state index contributed by atoms with van der Waals surface area (Å²) in [6.07, 6.45) is 0. The molecule has 0 radical (unpaired) electrons. The van der Waals surface area contributed by atoms with Crippen LogP contribution in [-0.2, 0) is 6.54 Å². The first kappa shape index (κ1) is 16.9. The topological polar surface area (TPSA) is 60.7 Å². The Morgan fingerprint density at radius 2 is 1.88 bits per heavy atom. The van der Waals surface area contributed by atoms with Gasteiger partial charge < -0.3 is 0 Å². The van der Waals surface area contributed by atoms with Gasteiger partial charge >= 0.3 is 0 Å². The van der Waals surface area contributed by atoms with Gasteiger partial charge in [-0.3, -0.25) is 4.79 Å². The zero-order chi connectivity index (χ0) is 17.9. The summed E-state index contributed by atoms with van der Waals surface area (Å²) < 4.78 is 2.87. The van der Waals surface area contributed by atoms with E-state index in [1.807, 2.05) is 49.4 Å². The summed E-state index contributed by atoms with van der Waals surface area (Å²) in [6.45, 7) is 2.60. The molecule has 26 heavy (non-hydrogen) atoms. The van der Waals surface area contributed by atoms with Gasteiger partial charge in [0, 0.05) is 4.70 Å². The number of hydrogen-bond donors (Lipinski definition) is 0. The summed E-state index contributed by atoms with van der Waals surface area (Å²) in [7, 11) is 0. The molecule has 2 aromatic heterocycles. The van der Waals surface area contributed by atoms with Crippen molar-refractivity contribution in [3.05, 3.63) is 70.6 Å². The van der Waals surface area contributed by atoms with Crippen molar-refractivity contribution in [1.29, 1.82) is 0 Å². The summed E-state index contributed by atoms with van der Waals surface area (Å²) in [5.41, 5.74) is 2.17. The van der Waals surface area contributed by atoms with Crippen LogP contribution in [0.5, 0.6) is 0 Å². The Balaban J connectivity index is 1.48. The largest absolute Gasteiger partial charge is 0.292 e. The number of ketones is 1. The lowest BCUT2D eigenvalue weighted by Gasteiger charge is -2.04. The van der Waals surface area contributed by atoms with Gasteiger partial charge in [-0.25, -0.2) is 4.68 Å². The van der Waals surface area contributed by atoms with Crippen molar-refractivity contribution in [2.24, 2.45) is 0 Å². The molecule has 2 aromatic carbocycles. The van der Waals surface area contributed by atoms with E-state index < -0.39 is 0 Å². The maximum atomic E-state index is 12.7. The van der Waals surface area contributed by atoms with E-state index in [1.165, 1.54) is 11.8 Å². The highest BCUT2D eigenvalue weighted by Crippen LogP contribution is 2.31. The molecule has 0 fully saturated rings. The van der Waals surface area contributed by atoms with Crippen LogP contribution < -0.4 is 0 Å². The summed E-state index contributed by atoms with van der Waals surface area (Å²) >= 11 is 2.93. The zero-order valence-corrected chi connectivity index (χ0v) is 15.8. The van der Waals surface area contributed by atoms with E-state index in [0.29, 0.717) is 17.5 Å². The van der Waals surface area contributed by atoms with Crippen molar-refractivity contribution in [2.75, 3.05) is 5.75 Å². The monoisotopic (exact) mass is 380 g/mol. The normalized spacial score (nSPS) is 11.1. The SMILES string of the molecule is Cc1c(C(=O)CSc2nnnn2Cc2ccccc2)sc2ccccc12. The molecule has 0 aliphatic rings. The van der Waals surface area contributed by atoms with E-state index >= 15 is 0 Å². The predicted molar refractivity (Wildman–Crippen MR) is 105 cm³/mol. The van der Waals surface area contributed by atoms with E-state index in [0.717, 1.165) is 26.1 Å². The van der Waals surface area contributed by atoms with E-state index in [4.69, 9.17) is 0 Å². The van der Waals surface area contributed by atoms with Gasteiger partial charge in [0.2, 0.25) is 5.16 Å². The van der Waals surface area contributed by atoms with Gasteiger partial charge in [-0.15, -0.1) is 16.4 Å². The summed E-state index contributed by atoms with van der Waals surface area (Å²) in [6, 6.07) is 18.1. The summed E-state index contributed by atoms with van der Waals surface area (Å²) in [5, 5.41) is 13.7. The minimum Gasteiger partial charge on any atom is -0.292 e. The Morgan fingerprint density at radius 3 is 2.69 bits per heavy atom. The smallest absolute Gasteiger partial charge is 0.210 e. The molecule has 5 nitrogen and oxygen atoms in total. The molecule has 0 saturated carbocycles. The average Bonchev–Trinajstić information content (AvgIpc) is 3.25. The molecule has 0 unspecified atom stereocenters. The fourth-order valence-electron chi connectivity index (χ4n) is 2.79. The molecule has 130 valence electrons. The Kier molecular flexibility index (Phi) is 4.81. The third-order valence-electron chi connectivity index (χ3n) is 4.10. The minimum absolute atomic E-state index is 0.114. The molecule has 0 amide bonds. The number of aromatic nitrogens is 4. The first-order valence-corrected chi connectivity index (χ1v) is 9.97. The maximum Gasteiger partial charge on any atom is 0.210 e. The van der Waals surface area contributed by atoms with Gasteiger partial charge in [0.15, 0.2) is 5.78 Å². The first-order valence-electron chi connectivity index (χ1n) is 8.16. The number of hydrogen-bond acceptors (Lipinski definition) is 6. The molecule has 0 spiro atoms. The number of thiophene rings is 1. The fourth-order valence-corrected chi connectivity index (χ4v) is 4.78. The predicted octanol–water partition coefficient (Wildman–Crippen LogP) is 4.22. The van der Waals surface area contributed by atoms with Crippen LogP contribution in [0, 0.1) is 6.92 Å². The Labute approximate surface area is 159 Å². The van der Waals surface area contributed by atoms with Crippen LogP contribution in [-0.4, -0.2) is 31.7 Å². The van der Waals surface area contributed by atoms with Gasteiger partial charge in [0.05, 0.1) is 17.2 Å². The number of rotatable bonds is 6. The number of tetrazole rings is 1. The van der Waals surface area contributed by atoms with Gasteiger partial charge in [-0.1, -0.05) is 60.3 Å². The lowest BCUT2D eigenvalue weighted by molar-refractivity contribution is 0.102. The zero-order valence-electron chi connectivity index (χ0n) is 14.1. The lowest BCUT2D eigenvalue weighted by atomic mass is 10.1. The van der Waals surface area contributed by atoms with Crippen molar-refractivity contribution < 1.29 is 4.79 Å². The quantitative estimate of drug-likeness (QED) is 0.370. The standard InChI is InChI=1S/C19H16N4OS2/c1-13-15-9-5-6-10-17(15)26-18(13)16(24)12-25-19-20-21-22-23(19)11-14-7-3-2-4-8-14/h2-10H,11-12H2,1H3. The fraction of sp³-hybridized carbons (Fsp3) is 0.158. The summed E-state index contributed by atoms with van der Waals surface area (Å²) in [5.74, 6) is 0.436. The van der Waals surface area contributed by atoms with Gasteiger partial charge in [-0.05, 0) is 39.9 Å². The van der Waals surface area contributed by atoms with Gasteiger partial charge in [-0.2, -0.15) is 0 Å². The minimum atomic E-state index is 0.114. The molecule has 0 aliphatic carbocycles. The highest BCUT2D eigenvalue weighted by molar-refractivity contribution is 7.99. The van der Waals surface area contributed by atoms with Gasteiger partial charge in [0.25, 0.3) is 0 Å². The molecular weight excluding hydrogens is 364 g/mol. The molecule has 0 N–H and O–H groups in total. The number of Topliss-reactive ketones (excluding diaryl/α,β-unsaturated/α-hetero) is 1. The average molecular weight is 380 g/mol. The molecule has 2 heterocycles. The number of fused-ring (bicyclic) bond motifs is 1. The van der Waals surface area contributed by atoms with E-state index in [1.54, 1.807) is 16.0 Å². The van der Waals surface area contributed by atoms with Crippen LogP contribution in [0.3, 0.4) is 0 Å². The van der Waals surface area contributed by atoms with Crippen LogP contribution >= 0.6 is 23.1 Å². The van der Waals surface area contributed by atoms with Crippen LogP contribution in [0.25, 0.3) is 10.1 Å². The number of benzene rings is 2. The number of aryl methyl sites for hydroxylation is 1. The van der Waals surface area contributed by atoms with Gasteiger partial charge in [0.1, 0.15) is 0 Å². The number of thioether (sulfide) groups is 1. The Bertz CT molecular complexity index is 1060. The van der Waals surface area contributed by atoms with Crippen LogP contribution in [0.15, 0.2) is 59.8 Å². The molecule has 0 atom stereocenters. The van der Waals surface area contributed by atoms with Crippen molar-refractivity contribution in [3.63, 3.8) is 0 Å². The molecule has 0 saturated heterocycles. The Hall–Kier alpha value is -2.51. The second kappa shape index (κ2) is 7.39. The molecule has 0 aliphatic heterocycles. The van der Waals surface area contributed by atoms with Crippen molar-refractivity contribution in [1.82, 2.24) is 20.2 Å². The molecule has 7 heteroatoms. The molecule has 0 bridgehead atoms. The highest BCUT2D eigenvalue weighted by Gasteiger charge is 2.17. The van der Waals surface area contributed by atoms with Crippen LogP contribution in [0.4, 0.5) is 0 Å². The second-order valence-electron chi connectivity index (χ2n) is 5.87. The number of carbonyl (C=O) groups is 1. The number of nitrogens with zero attached hydrogens (tertiary/aromatic N) is 4. The third kappa shape index (κ3) is 3.40. The maximum absolute atomic E-state index is 12.7. The van der Waals surface area contributed by atoms with Crippen molar-refractivity contribution in [3.8, 4) is 0 Å². The summed E-state index contributed by atoms with van der Waals surface area (Å²) in [4.78, 5) is 13.5. The van der Waals surface area contributed by atoms with Crippen molar-refractivity contribution in [2.45, 2.75) is 18.6 Å². The molecule has 4 aromatic rings. The van der Waals surface area contributed by atoms with E-state index in [-0.39, 0.29) is 5.78 Å². The van der Waals surface area contributed by atoms with E-state index in [2.05, 4.69) is 27.7 Å². The van der Waals surface area contributed by atoms with E-state index in [9.17, 15) is 4.79 Å². The second-order valence-corrected chi connectivity index (χ2v) is 7.86. The number of carbonyl (C=O) groups excluding carboxylic acids is 1. The van der Waals surface area contributed by atoms with Crippen molar-refractivity contribution >= 4 is 39.0 Å². The lowest BCUT2D eigenvalue weighted by Crippen LogP contribution is -2.06. The van der Waals surface area contributed by atoms with Crippen LogP contribution in [0.1, 0.15) is 20.8 Å². The Morgan fingerprint density at radius 1 is 1.12 bits per heavy atom. The third-order valence-corrected chi connectivity index (χ3v) is 6.37. The first-order chi connectivity index (χ1) is 12.7.